The van der Waals surface area contributed by atoms with Gasteiger partial charge in [-0.1, -0.05) is 0 Å². The fourth-order valence-corrected chi connectivity index (χ4v) is 2.65. The molecule has 1 saturated heterocycles. The molecule has 0 saturated carbocycles. The molecule has 0 aromatic carbocycles. The van der Waals surface area contributed by atoms with Gasteiger partial charge in [0.2, 0.25) is 10.0 Å². The van der Waals surface area contributed by atoms with Gasteiger partial charge in [0.25, 0.3) is 0 Å². The van der Waals surface area contributed by atoms with Crippen molar-refractivity contribution in [2.45, 2.75) is 17.7 Å². The summed E-state index contributed by atoms with van der Waals surface area (Å²) < 4.78 is 22.3. The van der Waals surface area contributed by atoms with E-state index in [1.807, 2.05) is 0 Å². The SMILES string of the molecule is NCC1CCCN(c2ccc(S(N)(=O)=O)cn2)C1. The van der Waals surface area contributed by atoms with Crippen molar-refractivity contribution in [1.29, 1.82) is 0 Å². The molecule has 0 bridgehead atoms. The summed E-state index contributed by atoms with van der Waals surface area (Å²) in [6.45, 7) is 2.47. The number of sulfonamides is 1. The lowest BCUT2D eigenvalue weighted by molar-refractivity contribution is 0.421. The van der Waals surface area contributed by atoms with Crippen LogP contribution in [0.5, 0.6) is 0 Å². The van der Waals surface area contributed by atoms with Crippen molar-refractivity contribution >= 4 is 15.8 Å². The molecule has 1 unspecified atom stereocenters. The zero-order valence-electron chi connectivity index (χ0n) is 10.1. The molecular weight excluding hydrogens is 252 g/mol. The van der Waals surface area contributed by atoms with Gasteiger partial charge >= 0.3 is 0 Å². The molecule has 0 spiro atoms. The number of piperidine rings is 1. The van der Waals surface area contributed by atoms with Crippen molar-refractivity contribution < 1.29 is 8.42 Å². The molecule has 18 heavy (non-hydrogen) atoms. The number of nitrogens with zero attached hydrogens (tertiary/aromatic N) is 2. The van der Waals surface area contributed by atoms with Gasteiger partial charge in [-0.15, -0.1) is 0 Å². The van der Waals surface area contributed by atoms with Gasteiger partial charge in [-0.05, 0) is 37.4 Å². The fraction of sp³-hybridized carbons (Fsp3) is 0.545. The number of pyridine rings is 1. The standard InChI is InChI=1S/C11H18N4O2S/c12-6-9-2-1-5-15(8-9)11-4-3-10(7-14-11)18(13,16)17/h3-4,7,9H,1-2,5-6,8,12H2,(H2,13,16,17). The molecule has 1 aromatic rings. The largest absolute Gasteiger partial charge is 0.356 e. The molecule has 1 aromatic heterocycles. The third-order valence-corrected chi connectivity index (χ3v) is 4.12. The van der Waals surface area contributed by atoms with E-state index < -0.39 is 10.0 Å². The number of rotatable bonds is 3. The summed E-state index contributed by atoms with van der Waals surface area (Å²) in [5.41, 5.74) is 5.68. The maximum Gasteiger partial charge on any atom is 0.239 e. The van der Waals surface area contributed by atoms with E-state index in [1.54, 1.807) is 6.07 Å². The summed E-state index contributed by atoms with van der Waals surface area (Å²) in [7, 11) is -3.67. The minimum Gasteiger partial charge on any atom is -0.356 e. The van der Waals surface area contributed by atoms with Gasteiger partial charge in [0.15, 0.2) is 0 Å². The lowest BCUT2D eigenvalue weighted by Crippen LogP contribution is -2.38. The van der Waals surface area contributed by atoms with Gasteiger partial charge in [0.05, 0.1) is 0 Å². The van der Waals surface area contributed by atoms with Crippen LogP contribution in [0.2, 0.25) is 0 Å². The number of nitrogens with two attached hydrogens (primary N) is 2. The van der Waals surface area contributed by atoms with E-state index in [2.05, 4.69) is 9.88 Å². The third kappa shape index (κ3) is 2.98. The zero-order chi connectivity index (χ0) is 13.2. The first-order valence-corrected chi connectivity index (χ1v) is 7.49. The van der Waals surface area contributed by atoms with Gasteiger partial charge in [-0.3, -0.25) is 0 Å². The molecule has 4 N–H and O–H groups in total. The van der Waals surface area contributed by atoms with E-state index in [1.165, 1.54) is 12.3 Å². The predicted molar refractivity (Wildman–Crippen MR) is 69.6 cm³/mol. The van der Waals surface area contributed by atoms with Crippen LogP contribution in [0.25, 0.3) is 0 Å². The highest BCUT2D eigenvalue weighted by Crippen LogP contribution is 2.21. The molecule has 100 valence electrons. The Balaban J connectivity index is 2.14. The molecule has 0 radical (unpaired) electrons. The van der Waals surface area contributed by atoms with Gasteiger partial charge in [-0.25, -0.2) is 18.5 Å². The molecule has 6 nitrogen and oxygen atoms in total. The van der Waals surface area contributed by atoms with Crippen LogP contribution in [0.4, 0.5) is 5.82 Å². The topological polar surface area (TPSA) is 102 Å². The normalized spacial score (nSPS) is 21.0. The monoisotopic (exact) mass is 270 g/mol. The van der Waals surface area contributed by atoms with E-state index in [-0.39, 0.29) is 4.90 Å². The Morgan fingerprint density at radius 3 is 2.78 bits per heavy atom. The summed E-state index contributed by atoms with van der Waals surface area (Å²) >= 11 is 0. The smallest absolute Gasteiger partial charge is 0.239 e. The molecule has 1 atom stereocenters. The molecule has 2 rings (SSSR count). The molecule has 1 fully saturated rings. The number of hydrogen-bond acceptors (Lipinski definition) is 5. The molecule has 7 heteroatoms. The summed E-state index contributed by atoms with van der Waals surface area (Å²) in [4.78, 5) is 6.34. The zero-order valence-corrected chi connectivity index (χ0v) is 10.9. The fourth-order valence-electron chi connectivity index (χ4n) is 2.19. The van der Waals surface area contributed by atoms with Crippen LogP contribution in [-0.2, 0) is 10.0 Å². The van der Waals surface area contributed by atoms with Crippen LogP contribution in [-0.4, -0.2) is 33.0 Å². The van der Waals surface area contributed by atoms with Crippen LogP contribution >= 0.6 is 0 Å². The van der Waals surface area contributed by atoms with Gasteiger partial charge < -0.3 is 10.6 Å². The Hall–Kier alpha value is -1.18. The second-order valence-corrected chi connectivity index (χ2v) is 6.15. The second-order valence-electron chi connectivity index (χ2n) is 4.59. The molecular formula is C11H18N4O2S. The Kier molecular flexibility index (Phi) is 3.84. The van der Waals surface area contributed by atoms with E-state index in [0.29, 0.717) is 12.5 Å². The minimum absolute atomic E-state index is 0.0404. The van der Waals surface area contributed by atoms with Crippen LogP contribution < -0.4 is 15.8 Å². The van der Waals surface area contributed by atoms with Crippen LogP contribution in [0.3, 0.4) is 0 Å². The maximum atomic E-state index is 11.1. The summed E-state index contributed by atoms with van der Waals surface area (Å²) in [5.74, 6) is 1.26. The summed E-state index contributed by atoms with van der Waals surface area (Å²) in [6.07, 6.45) is 3.53. The maximum absolute atomic E-state index is 11.1. The van der Waals surface area contributed by atoms with Crippen molar-refractivity contribution in [1.82, 2.24) is 4.98 Å². The van der Waals surface area contributed by atoms with E-state index in [4.69, 9.17) is 10.9 Å². The second kappa shape index (κ2) is 5.21. The number of hydrogen-bond donors (Lipinski definition) is 2. The van der Waals surface area contributed by atoms with Gasteiger partial charge in [0, 0.05) is 19.3 Å². The van der Waals surface area contributed by atoms with Gasteiger partial charge in [-0.2, -0.15) is 0 Å². The van der Waals surface area contributed by atoms with Crippen molar-refractivity contribution in [3.8, 4) is 0 Å². The molecule has 1 aliphatic rings. The first-order chi connectivity index (χ1) is 8.50. The highest BCUT2D eigenvalue weighted by molar-refractivity contribution is 7.89. The molecule has 0 aliphatic carbocycles. The first kappa shape index (κ1) is 13.3. The van der Waals surface area contributed by atoms with E-state index in [0.717, 1.165) is 31.7 Å². The number of primary sulfonamides is 1. The number of aromatic nitrogens is 1. The quantitative estimate of drug-likeness (QED) is 0.798. The third-order valence-electron chi connectivity index (χ3n) is 3.23. The first-order valence-electron chi connectivity index (χ1n) is 5.94. The van der Waals surface area contributed by atoms with Crippen LogP contribution in [0, 0.1) is 5.92 Å². The van der Waals surface area contributed by atoms with Crippen molar-refractivity contribution in [2.75, 3.05) is 24.5 Å². The lowest BCUT2D eigenvalue weighted by atomic mass is 9.98. The average Bonchev–Trinajstić information content (AvgIpc) is 2.38. The Morgan fingerprint density at radius 2 is 2.22 bits per heavy atom. The van der Waals surface area contributed by atoms with Crippen molar-refractivity contribution in [2.24, 2.45) is 16.8 Å². The predicted octanol–water partition coefficient (Wildman–Crippen LogP) is -0.0959. The van der Waals surface area contributed by atoms with Crippen molar-refractivity contribution in [3.63, 3.8) is 0 Å². The van der Waals surface area contributed by atoms with Crippen LogP contribution in [0.1, 0.15) is 12.8 Å². The Morgan fingerprint density at radius 1 is 1.44 bits per heavy atom. The Bertz CT molecular complexity index is 500. The Labute approximate surface area is 107 Å². The molecule has 0 amide bonds. The molecule has 2 heterocycles. The van der Waals surface area contributed by atoms with E-state index >= 15 is 0 Å². The highest BCUT2D eigenvalue weighted by atomic mass is 32.2. The van der Waals surface area contributed by atoms with Crippen molar-refractivity contribution in [3.05, 3.63) is 18.3 Å². The summed E-state index contributed by atoms with van der Waals surface area (Å²) in [6, 6.07) is 3.18. The molecule has 1 aliphatic heterocycles. The average molecular weight is 270 g/mol. The van der Waals surface area contributed by atoms with E-state index in [9.17, 15) is 8.42 Å². The summed E-state index contributed by atoms with van der Waals surface area (Å²) in [5, 5.41) is 5.03. The highest BCUT2D eigenvalue weighted by Gasteiger charge is 2.20. The minimum atomic E-state index is -3.67. The number of anilines is 1. The van der Waals surface area contributed by atoms with Crippen LogP contribution in [0.15, 0.2) is 23.2 Å². The lowest BCUT2D eigenvalue weighted by Gasteiger charge is -2.33. The van der Waals surface area contributed by atoms with Gasteiger partial charge in [0.1, 0.15) is 10.7 Å².